The minimum Gasteiger partial charge on any atom is -0.354 e. The SMILES string of the molecule is O=C(NCc1cc(-c2ccc(C(F)(F)F)cc2)nc(N2CCN(Cc3ccccc3)CC2)c1)C1CCCN1S(=O)(=O)c1ccc(F)cc1. The van der Waals surface area contributed by atoms with Crippen LogP contribution in [0.25, 0.3) is 11.3 Å². The maximum atomic E-state index is 13.4. The van der Waals surface area contributed by atoms with Crippen molar-refractivity contribution in [3.63, 3.8) is 0 Å². The number of anilines is 1. The number of benzene rings is 3. The molecular weight excluding hydrogens is 646 g/mol. The van der Waals surface area contributed by atoms with Gasteiger partial charge in [-0.2, -0.15) is 17.5 Å². The molecule has 1 aromatic heterocycles. The first kappa shape index (κ1) is 33.6. The Bertz CT molecular complexity index is 1830. The zero-order valence-corrected chi connectivity index (χ0v) is 26.9. The predicted molar refractivity (Wildman–Crippen MR) is 174 cm³/mol. The van der Waals surface area contributed by atoms with Crippen LogP contribution in [0, 0.1) is 5.82 Å². The van der Waals surface area contributed by atoms with Gasteiger partial charge in [0.25, 0.3) is 0 Å². The Morgan fingerprint density at radius 3 is 2.21 bits per heavy atom. The van der Waals surface area contributed by atoms with Gasteiger partial charge in [-0.1, -0.05) is 42.5 Å². The van der Waals surface area contributed by atoms with Gasteiger partial charge >= 0.3 is 6.18 Å². The molecule has 1 atom stereocenters. The molecule has 2 fully saturated rings. The van der Waals surface area contributed by atoms with Gasteiger partial charge in [0.1, 0.15) is 17.7 Å². The van der Waals surface area contributed by atoms with Crippen molar-refractivity contribution >= 4 is 21.7 Å². The van der Waals surface area contributed by atoms with E-state index in [1.807, 2.05) is 24.3 Å². The van der Waals surface area contributed by atoms with Crippen molar-refractivity contribution < 1.29 is 30.8 Å². The fourth-order valence-corrected chi connectivity index (χ4v) is 7.78. The highest BCUT2D eigenvalue weighted by molar-refractivity contribution is 7.89. The second kappa shape index (κ2) is 14.0. The molecule has 48 heavy (non-hydrogen) atoms. The summed E-state index contributed by atoms with van der Waals surface area (Å²) in [7, 11) is -4.03. The molecule has 4 aromatic rings. The molecule has 3 aromatic carbocycles. The summed E-state index contributed by atoms with van der Waals surface area (Å²) in [6.45, 7) is 3.96. The summed E-state index contributed by atoms with van der Waals surface area (Å²) < 4.78 is 81.0. The van der Waals surface area contributed by atoms with Gasteiger partial charge in [-0.15, -0.1) is 0 Å². The highest BCUT2D eigenvalue weighted by Gasteiger charge is 2.39. The quantitative estimate of drug-likeness (QED) is 0.229. The average molecular weight is 682 g/mol. The summed E-state index contributed by atoms with van der Waals surface area (Å²) in [6.07, 6.45) is -3.65. The number of piperazine rings is 1. The lowest BCUT2D eigenvalue weighted by molar-refractivity contribution is -0.137. The number of aromatic nitrogens is 1. The average Bonchev–Trinajstić information content (AvgIpc) is 3.59. The first-order chi connectivity index (χ1) is 23.0. The summed E-state index contributed by atoms with van der Waals surface area (Å²) in [6, 6.07) is 22.1. The van der Waals surface area contributed by atoms with Crippen LogP contribution in [-0.4, -0.2) is 67.3 Å². The standard InChI is InChI=1S/C35H35F4N5O3S/c36-29-12-14-30(15-13-29)48(46,47)44-16-4-7-32(44)34(45)40-23-26-21-31(27-8-10-28(11-9-27)35(37,38)39)41-33(22-26)43-19-17-42(18-20-43)24-25-5-2-1-3-6-25/h1-3,5-6,8-15,21-22,32H,4,7,16-20,23-24H2,(H,40,45). The maximum absolute atomic E-state index is 13.4. The van der Waals surface area contributed by atoms with Gasteiger partial charge in [-0.05, 0) is 72.5 Å². The van der Waals surface area contributed by atoms with Crippen LogP contribution in [-0.2, 0) is 34.1 Å². The summed E-state index contributed by atoms with van der Waals surface area (Å²) in [5, 5.41) is 2.87. The normalized spacial score (nSPS) is 17.8. The zero-order valence-electron chi connectivity index (χ0n) is 26.0. The van der Waals surface area contributed by atoms with Crippen molar-refractivity contribution in [3.05, 3.63) is 114 Å². The lowest BCUT2D eigenvalue weighted by atomic mass is 10.1. The highest BCUT2D eigenvalue weighted by atomic mass is 32.2. The number of nitrogens with zero attached hydrogens (tertiary/aromatic N) is 4. The summed E-state index contributed by atoms with van der Waals surface area (Å²) in [5.74, 6) is -0.398. The Morgan fingerprint density at radius 1 is 0.854 bits per heavy atom. The number of carbonyl (C=O) groups is 1. The fraction of sp³-hybridized carbons (Fsp3) is 0.314. The molecule has 1 amide bonds. The number of hydrogen-bond donors (Lipinski definition) is 1. The van der Waals surface area contributed by atoms with Crippen LogP contribution < -0.4 is 10.2 Å². The van der Waals surface area contributed by atoms with E-state index in [9.17, 15) is 30.8 Å². The molecule has 2 aliphatic heterocycles. The first-order valence-electron chi connectivity index (χ1n) is 15.7. The Labute approximate surface area is 277 Å². The Morgan fingerprint density at radius 2 is 1.54 bits per heavy atom. The molecule has 1 unspecified atom stereocenters. The van der Waals surface area contributed by atoms with Gasteiger partial charge in [-0.25, -0.2) is 17.8 Å². The lowest BCUT2D eigenvalue weighted by Gasteiger charge is -2.35. The van der Waals surface area contributed by atoms with Gasteiger partial charge in [-0.3, -0.25) is 9.69 Å². The molecule has 0 radical (unpaired) electrons. The number of rotatable bonds is 9. The predicted octanol–water partition coefficient (Wildman–Crippen LogP) is 5.70. The number of amides is 1. The van der Waals surface area contributed by atoms with E-state index in [0.29, 0.717) is 48.6 Å². The Balaban J connectivity index is 1.20. The van der Waals surface area contributed by atoms with Crippen LogP contribution >= 0.6 is 0 Å². The van der Waals surface area contributed by atoms with E-state index in [2.05, 4.69) is 27.2 Å². The minimum atomic E-state index is -4.47. The third kappa shape index (κ3) is 7.69. The van der Waals surface area contributed by atoms with Crippen molar-refractivity contribution in [2.24, 2.45) is 0 Å². The van der Waals surface area contributed by atoms with Crippen molar-refractivity contribution in [3.8, 4) is 11.3 Å². The third-order valence-electron chi connectivity index (χ3n) is 8.72. The molecule has 0 bridgehead atoms. The summed E-state index contributed by atoms with van der Waals surface area (Å²) >= 11 is 0. The van der Waals surface area contributed by atoms with Crippen molar-refractivity contribution in [2.75, 3.05) is 37.6 Å². The van der Waals surface area contributed by atoms with E-state index >= 15 is 0 Å². The van der Waals surface area contributed by atoms with Crippen LogP contribution in [0.4, 0.5) is 23.4 Å². The number of pyridine rings is 1. The molecule has 0 saturated carbocycles. The van der Waals surface area contributed by atoms with Gasteiger partial charge in [0.05, 0.1) is 16.2 Å². The van der Waals surface area contributed by atoms with E-state index in [0.717, 1.165) is 48.2 Å². The van der Waals surface area contributed by atoms with Crippen molar-refractivity contribution in [2.45, 2.75) is 43.0 Å². The molecule has 6 rings (SSSR count). The molecule has 2 saturated heterocycles. The largest absolute Gasteiger partial charge is 0.416 e. The highest BCUT2D eigenvalue weighted by Crippen LogP contribution is 2.32. The van der Waals surface area contributed by atoms with Gasteiger partial charge < -0.3 is 10.2 Å². The number of hydrogen-bond acceptors (Lipinski definition) is 6. The molecule has 1 N–H and O–H groups in total. The second-order valence-corrected chi connectivity index (χ2v) is 13.9. The number of sulfonamides is 1. The minimum absolute atomic E-state index is 0.0525. The van der Waals surface area contributed by atoms with Crippen LogP contribution in [0.15, 0.2) is 95.9 Å². The Kier molecular flexibility index (Phi) is 9.81. The molecular formula is C35H35F4N5O3S. The molecule has 0 spiro atoms. The third-order valence-corrected chi connectivity index (χ3v) is 10.6. The van der Waals surface area contributed by atoms with E-state index in [-0.39, 0.29) is 18.0 Å². The zero-order chi connectivity index (χ0) is 33.9. The van der Waals surface area contributed by atoms with Crippen molar-refractivity contribution in [1.29, 1.82) is 0 Å². The number of halogens is 4. The summed E-state index contributed by atoms with van der Waals surface area (Å²) in [5.41, 5.74) is 2.07. The van der Waals surface area contributed by atoms with E-state index in [1.54, 1.807) is 6.07 Å². The maximum Gasteiger partial charge on any atom is 0.416 e. The first-order valence-corrected chi connectivity index (χ1v) is 17.2. The van der Waals surface area contributed by atoms with E-state index < -0.39 is 39.5 Å². The van der Waals surface area contributed by atoms with Gasteiger partial charge in [0.2, 0.25) is 15.9 Å². The van der Waals surface area contributed by atoms with Crippen LogP contribution in [0.1, 0.15) is 29.5 Å². The van der Waals surface area contributed by atoms with Crippen LogP contribution in [0.3, 0.4) is 0 Å². The van der Waals surface area contributed by atoms with Crippen molar-refractivity contribution in [1.82, 2.24) is 19.5 Å². The van der Waals surface area contributed by atoms with Gasteiger partial charge in [0.15, 0.2) is 0 Å². The molecule has 2 aliphatic rings. The monoisotopic (exact) mass is 681 g/mol. The molecule has 252 valence electrons. The molecule has 0 aliphatic carbocycles. The van der Waals surface area contributed by atoms with Crippen LogP contribution in [0.2, 0.25) is 0 Å². The smallest absolute Gasteiger partial charge is 0.354 e. The molecule has 13 heteroatoms. The number of nitrogens with one attached hydrogen (secondary N) is 1. The van der Waals surface area contributed by atoms with E-state index in [4.69, 9.17) is 4.98 Å². The number of carbonyl (C=O) groups excluding carboxylic acids is 1. The summed E-state index contributed by atoms with van der Waals surface area (Å²) in [4.78, 5) is 22.6. The topological polar surface area (TPSA) is 85.8 Å². The van der Waals surface area contributed by atoms with E-state index in [1.165, 1.54) is 29.8 Å². The fourth-order valence-electron chi connectivity index (χ4n) is 6.13. The number of alkyl halides is 3. The Hall–Kier alpha value is -4.33. The molecule has 3 heterocycles. The van der Waals surface area contributed by atoms with Crippen LogP contribution in [0.5, 0.6) is 0 Å². The molecule has 8 nitrogen and oxygen atoms in total. The van der Waals surface area contributed by atoms with Gasteiger partial charge in [0, 0.05) is 51.4 Å². The second-order valence-electron chi connectivity index (χ2n) is 12.0. The lowest BCUT2D eigenvalue weighted by Crippen LogP contribution is -2.46.